The van der Waals surface area contributed by atoms with E-state index in [-0.39, 0.29) is 5.82 Å². The zero-order valence-corrected chi connectivity index (χ0v) is 13.8. The molecule has 1 aromatic rings. The maximum absolute atomic E-state index is 13.7. The Morgan fingerprint density at radius 1 is 1.19 bits per heavy atom. The van der Waals surface area contributed by atoms with Crippen molar-refractivity contribution in [2.75, 3.05) is 13.2 Å². The lowest BCUT2D eigenvalue weighted by Crippen LogP contribution is -2.19. The third-order valence-corrected chi connectivity index (χ3v) is 3.39. The molecule has 0 heterocycles. The molecule has 2 nitrogen and oxygen atoms in total. The Morgan fingerprint density at radius 3 is 2.71 bits per heavy atom. The lowest BCUT2D eigenvalue weighted by molar-refractivity contribution is 0.114. The quantitative estimate of drug-likeness (QED) is 0.599. The van der Waals surface area contributed by atoms with Gasteiger partial charge in [0.2, 0.25) is 0 Å². The zero-order chi connectivity index (χ0) is 15.5. The molecule has 1 aromatic carbocycles. The SMILES string of the molecule is CCCCCCOCc1cc(CNCC(C)C)ccc1F. The van der Waals surface area contributed by atoms with Gasteiger partial charge in [0.1, 0.15) is 5.82 Å². The number of ether oxygens (including phenoxy) is 1. The first kappa shape index (κ1) is 18.1. The average Bonchev–Trinajstić information content (AvgIpc) is 2.45. The fourth-order valence-corrected chi connectivity index (χ4v) is 2.17. The van der Waals surface area contributed by atoms with Crippen LogP contribution in [0.15, 0.2) is 18.2 Å². The van der Waals surface area contributed by atoms with Gasteiger partial charge in [0, 0.05) is 18.7 Å². The van der Waals surface area contributed by atoms with Crippen molar-refractivity contribution < 1.29 is 9.13 Å². The molecule has 0 saturated heterocycles. The molecule has 0 aliphatic carbocycles. The van der Waals surface area contributed by atoms with Gasteiger partial charge in [-0.3, -0.25) is 0 Å². The predicted octanol–water partition coefficient (Wildman–Crippen LogP) is 4.67. The number of nitrogens with one attached hydrogen (secondary N) is 1. The highest BCUT2D eigenvalue weighted by Crippen LogP contribution is 2.12. The minimum absolute atomic E-state index is 0.170. The van der Waals surface area contributed by atoms with Gasteiger partial charge in [0.25, 0.3) is 0 Å². The van der Waals surface area contributed by atoms with Gasteiger partial charge in [-0.2, -0.15) is 0 Å². The van der Waals surface area contributed by atoms with Gasteiger partial charge in [-0.15, -0.1) is 0 Å². The Balaban J connectivity index is 2.35. The fraction of sp³-hybridized carbons (Fsp3) is 0.667. The summed E-state index contributed by atoms with van der Waals surface area (Å²) in [6.07, 6.45) is 4.72. The molecule has 0 fully saturated rings. The smallest absolute Gasteiger partial charge is 0.128 e. The molecule has 21 heavy (non-hydrogen) atoms. The Labute approximate surface area is 129 Å². The summed E-state index contributed by atoms with van der Waals surface area (Å²) in [5.74, 6) is 0.451. The van der Waals surface area contributed by atoms with E-state index in [1.165, 1.54) is 19.3 Å². The van der Waals surface area contributed by atoms with Crippen LogP contribution in [0.25, 0.3) is 0 Å². The Hall–Kier alpha value is -0.930. The lowest BCUT2D eigenvalue weighted by atomic mass is 10.1. The number of halogens is 1. The topological polar surface area (TPSA) is 21.3 Å². The molecule has 0 aliphatic rings. The second-order valence-electron chi connectivity index (χ2n) is 6.06. The van der Waals surface area contributed by atoms with Gasteiger partial charge in [-0.1, -0.05) is 46.1 Å². The molecular weight excluding hydrogens is 265 g/mol. The van der Waals surface area contributed by atoms with Crippen LogP contribution in [0.5, 0.6) is 0 Å². The van der Waals surface area contributed by atoms with Crippen LogP contribution in [-0.4, -0.2) is 13.2 Å². The molecule has 0 aromatic heterocycles. The minimum Gasteiger partial charge on any atom is -0.377 e. The summed E-state index contributed by atoms with van der Waals surface area (Å²) in [6.45, 7) is 9.38. The largest absolute Gasteiger partial charge is 0.377 e. The molecule has 1 rings (SSSR count). The molecular formula is C18H30FNO. The van der Waals surface area contributed by atoms with Crippen molar-refractivity contribution in [1.82, 2.24) is 5.32 Å². The summed E-state index contributed by atoms with van der Waals surface area (Å²) in [4.78, 5) is 0. The molecule has 120 valence electrons. The van der Waals surface area contributed by atoms with Gasteiger partial charge in [0.15, 0.2) is 0 Å². The number of unbranched alkanes of at least 4 members (excludes halogenated alkanes) is 3. The molecule has 0 unspecified atom stereocenters. The first-order chi connectivity index (χ1) is 10.1. The van der Waals surface area contributed by atoms with Crippen LogP contribution in [0.2, 0.25) is 0 Å². The van der Waals surface area contributed by atoms with Crippen LogP contribution in [0.1, 0.15) is 57.6 Å². The average molecular weight is 295 g/mol. The van der Waals surface area contributed by atoms with Crippen LogP contribution < -0.4 is 5.32 Å². The maximum atomic E-state index is 13.7. The summed E-state index contributed by atoms with van der Waals surface area (Å²) < 4.78 is 19.3. The summed E-state index contributed by atoms with van der Waals surface area (Å²) in [5, 5.41) is 3.37. The molecule has 0 amide bonds. The Kier molecular flexibility index (Phi) is 9.27. The molecule has 0 atom stereocenters. The summed E-state index contributed by atoms with van der Waals surface area (Å²) in [5.41, 5.74) is 1.77. The van der Waals surface area contributed by atoms with E-state index in [1.807, 2.05) is 12.1 Å². The normalized spacial score (nSPS) is 11.3. The van der Waals surface area contributed by atoms with Crippen molar-refractivity contribution in [2.45, 2.75) is 59.6 Å². The monoisotopic (exact) mass is 295 g/mol. The first-order valence-corrected chi connectivity index (χ1v) is 8.19. The van der Waals surface area contributed by atoms with E-state index in [9.17, 15) is 4.39 Å². The first-order valence-electron chi connectivity index (χ1n) is 8.19. The third kappa shape index (κ3) is 8.18. The van der Waals surface area contributed by atoms with Crippen LogP contribution in [-0.2, 0) is 17.9 Å². The van der Waals surface area contributed by atoms with Gasteiger partial charge in [-0.25, -0.2) is 4.39 Å². The predicted molar refractivity (Wildman–Crippen MR) is 86.7 cm³/mol. The lowest BCUT2D eigenvalue weighted by Gasteiger charge is -2.10. The standard InChI is InChI=1S/C18H30FNO/c1-4-5-6-7-10-21-14-17-11-16(8-9-18(17)19)13-20-12-15(2)3/h8-9,11,15,20H,4-7,10,12-14H2,1-3H3. The Bertz CT molecular complexity index is 393. The minimum atomic E-state index is -0.170. The van der Waals surface area contributed by atoms with Gasteiger partial charge >= 0.3 is 0 Å². The molecule has 1 N–H and O–H groups in total. The van der Waals surface area contributed by atoms with Gasteiger partial charge < -0.3 is 10.1 Å². The van der Waals surface area contributed by atoms with Gasteiger partial charge in [-0.05, 0) is 36.6 Å². The molecule has 3 heteroatoms. The fourth-order valence-electron chi connectivity index (χ4n) is 2.17. The third-order valence-electron chi connectivity index (χ3n) is 3.39. The van der Waals surface area contributed by atoms with Crippen LogP contribution >= 0.6 is 0 Å². The summed E-state index contributed by atoms with van der Waals surface area (Å²) in [6, 6.07) is 5.30. The molecule has 0 radical (unpaired) electrons. The molecule has 0 aliphatic heterocycles. The van der Waals surface area contributed by atoms with E-state index < -0.39 is 0 Å². The number of rotatable bonds is 11. The van der Waals surface area contributed by atoms with Crippen molar-refractivity contribution in [1.29, 1.82) is 0 Å². The van der Waals surface area contributed by atoms with Crippen LogP contribution in [0.3, 0.4) is 0 Å². The van der Waals surface area contributed by atoms with Crippen molar-refractivity contribution >= 4 is 0 Å². The summed E-state index contributed by atoms with van der Waals surface area (Å²) >= 11 is 0. The second-order valence-corrected chi connectivity index (χ2v) is 6.06. The maximum Gasteiger partial charge on any atom is 0.128 e. The number of benzene rings is 1. The summed E-state index contributed by atoms with van der Waals surface area (Å²) in [7, 11) is 0. The molecule has 0 bridgehead atoms. The van der Waals surface area contributed by atoms with Gasteiger partial charge in [0.05, 0.1) is 6.61 Å². The number of hydrogen-bond acceptors (Lipinski definition) is 2. The van der Waals surface area contributed by atoms with Crippen molar-refractivity contribution in [2.24, 2.45) is 5.92 Å². The Morgan fingerprint density at radius 2 is 2.00 bits per heavy atom. The zero-order valence-electron chi connectivity index (χ0n) is 13.8. The van der Waals surface area contributed by atoms with E-state index in [0.717, 1.165) is 31.7 Å². The van der Waals surface area contributed by atoms with E-state index in [4.69, 9.17) is 4.74 Å². The van der Waals surface area contributed by atoms with Crippen LogP contribution in [0.4, 0.5) is 4.39 Å². The highest BCUT2D eigenvalue weighted by Gasteiger charge is 2.04. The molecule has 0 spiro atoms. The van der Waals surface area contributed by atoms with Crippen molar-refractivity contribution in [3.63, 3.8) is 0 Å². The van der Waals surface area contributed by atoms with Crippen LogP contribution in [0, 0.1) is 11.7 Å². The van der Waals surface area contributed by atoms with E-state index in [2.05, 4.69) is 26.1 Å². The highest BCUT2D eigenvalue weighted by atomic mass is 19.1. The molecule has 0 saturated carbocycles. The number of hydrogen-bond donors (Lipinski definition) is 1. The highest BCUT2D eigenvalue weighted by molar-refractivity contribution is 5.24. The van der Waals surface area contributed by atoms with E-state index in [1.54, 1.807) is 6.07 Å². The second kappa shape index (κ2) is 10.7. The van der Waals surface area contributed by atoms with E-state index in [0.29, 0.717) is 18.1 Å². The van der Waals surface area contributed by atoms with Crippen molar-refractivity contribution in [3.05, 3.63) is 35.1 Å². The van der Waals surface area contributed by atoms with E-state index >= 15 is 0 Å². The van der Waals surface area contributed by atoms with Crippen molar-refractivity contribution in [3.8, 4) is 0 Å².